The number of carboxylic acids is 1. The van der Waals surface area contributed by atoms with Gasteiger partial charge in [-0.15, -0.1) is 11.3 Å². The van der Waals surface area contributed by atoms with Crippen LogP contribution in [0.15, 0.2) is 5.38 Å². The summed E-state index contributed by atoms with van der Waals surface area (Å²) in [5, 5.41) is 13.1. The maximum atomic E-state index is 11.1. The van der Waals surface area contributed by atoms with E-state index in [0.29, 0.717) is 5.01 Å². The van der Waals surface area contributed by atoms with E-state index in [-0.39, 0.29) is 18.1 Å². The lowest BCUT2D eigenvalue weighted by Gasteiger charge is -2.04. The van der Waals surface area contributed by atoms with Gasteiger partial charge in [0.05, 0.1) is 12.6 Å². The van der Waals surface area contributed by atoms with Crippen LogP contribution in [0.2, 0.25) is 0 Å². The molecule has 0 aromatic carbocycles. The Balaban J connectivity index is 2.51. The number of aromatic nitrogens is 1. The zero-order chi connectivity index (χ0) is 11.4. The van der Waals surface area contributed by atoms with Gasteiger partial charge >= 0.3 is 5.97 Å². The van der Waals surface area contributed by atoms with E-state index in [1.54, 1.807) is 6.92 Å². The third-order valence-corrected chi connectivity index (χ3v) is 2.45. The molecule has 7 heteroatoms. The Morgan fingerprint density at radius 3 is 2.87 bits per heavy atom. The molecule has 1 aromatic heterocycles. The minimum Gasteiger partial charge on any atom is -0.476 e. The summed E-state index contributed by atoms with van der Waals surface area (Å²) in [5.74, 6) is -1.36. The van der Waals surface area contributed by atoms with Crippen LogP contribution in [0.5, 0.6) is 0 Å². The van der Waals surface area contributed by atoms with Crippen molar-refractivity contribution in [3.8, 4) is 0 Å². The highest BCUT2D eigenvalue weighted by Crippen LogP contribution is 2.09. The molecule has 1 amide bonds. The normalized spacial score (nSPS) is 12.1. The molecule has 0 unspecified atom stereocenters. The van der Waals surface area contributed by atoms with Crippen molar-refractivity contribution in [1.29, 1.82) is 0 Å². The average Bonchev–Trinajstić information content (AvgIpc) is 2.62. The second-order valence-electron chi connectivity index (χ2n) is 2.94. The van der Waals surface area contributed by atoms with Gasteiger partial charge in [-0.25, -0.2) is 9.78 Å². The van der Waals surface area contributed by atoms with Gasteiger partial charge in [-0.2, -0.15) is 0 Å². The van der Waals surface area contributed by atoms with E-state index in [1.807, 2.05) is 0 Å². The number of carboxylic acid groups (broad SMARTS) is 1. The van der Waals surface area contributed by atoms with E-state index in [2.05, 4.69) is 10.3 Å². The quantitative estimate of drug-likeness (QED) is 0.663. The van der Waals surface area contributed by atoms with Gasteiger partial charge in [0.1, 0.15) is 5.01 Å². The van der Waals surface area contributed by atoms with Crippen LogP contribution < -0.4 is 11.1 Å². The van der Waals surface area contributed by atoms with Crippen molar-refractivity contribution in [3.63, 3.8) is 0 Å². The number of amides is 1. The second kappa shape index (κ2) is 4.85. The molecule has 1 rings (SSSR count). The Morgan fingerprint density at radius 2 is 2.40 bits per heavy atom. The summed E-state index contributed by atoms with van der Waals surface area (Å²) in [5.41, 5.74) is 5.32. The van der Waals surface area contributed by atoms with Crippen molar-refractivity contribution in [3.05, 3.63) is 16.1 Å². The Bertz CT molecular complexity index is 375. The summed E-state index contributed by atoms with van der Waals surface area (Å²) >= 11 is 1.18. The summed E-state index contributed by atoms with van der Waals surface area (Å²) < 4.78 is 0. The molecule has 0 saturated carbocycles. The standard InChI is InChI=1S/C8H11N3O3S/c1-4(9)7(12)10-2-6-11-5(3-15-6)8(13)14/h3-4H,2,9H2,1H3,(H,10,12)(H,13,14)/t4-/m1/s1. The fourth-order valence-corrected chi connectivity index (χ4v) is 1.52. The highest BCUT2D eigenvalue weighted by molar-refractivity contribution is 7.09. The first-order valence-electron chi connectivity index (χ1n) is 4.21. The molecule has 82 valence electrons. The summed E-state index contributed by atoms with van der Waals surface area (Å²) in [6.45, 7) is 1.78. The van der Waals surface area contributed by atoms with E-state index in [0.717, 1.165) is 0 Å². The van der Waals surface area contributed by atoms with Crippen molar-refractivity contribution >= 4 is 23.2 Å². The minimum absolute atomic E-state index is 0.00922. The fourth-order valence-electron chi connectivity index (χ4n) is 0.814. The van der Waals surface area contributed by atoms with E-state index in [4.69, 9.17) is 10.8 Å². The van der Waals surface area contributed by atoms with E-state index in [9.17, 15) is 9.59 Å². The Labute approximate surface area is 90.1 Å². The van der Waals surface area contributed by atoms with Crippen LogP contribution in [0.3, 0.4) is 0 Å². The third-order valence-electron chi connectivity index (χ3n) is 1.60. The molecular weight excluding hydrogens is 218 g/mol. The average molecular weight is 229 g/mol. The maximum Gasteiger partial charge on any atom is 0.355 e. The van der Waals surface area contributed by atoms with Gasteiger partial charge in [-0.3, -0.25) is 4.79 Å². The van der Waals surface area contributed by atoms with Gasteiger partial charge in [0, 0.05) is 5.38 Å². The Kier molecular flexibility index (Phi) is 3.75. The third kappa shape index (κ3) is 3.30. The largest absolute Gasteiger partial charge is 0.476 e. The molecule has 0 aliphatic heterocycles. The molecule has 0 fully saturated rings. The van der Waals surface area contributed by atoms with Crippen molar-refractivity contribution in [1.82, 2.24) is 10.3 Å². The number of rotatable bonds is 4. The first-order valence-corrected chi connectivity index (χ1v) is 5.09. The lowest BCUT2D eigenvalue weighted by atomic mass is 10.3. The molecule has 0 aliphatic rings. The van der Waals surface area contributed by atoms with Gasteiger partial charge in [-0.05, 0) is 6.92 Å². The van der Waals surface area contributed by atoms with Gasteiger partial charge < -0.3 is 16.2 Å². The van der Waals surface area contributed by atoms with Gasteiger partial charge in [0.2, 0.25) is 5.91 Å². The van der Waals surface area contributed by atoms with Crippen molar-refractivity contribution in [2.45, 2.75) is 19.5 Å². The van der Waals surface area contributed by atoms with Crippen LogP contribution in [0.25, 0.3) is 0 Å². The van der Waals surface area contributed by atoms with Crippen LogP contribution in [-0.2, 0) is 11.3 Å². The van der Waals surface area contributed by atoms with Crippen LogP contribution in [-0.4, -0.2) is 28.0 Å². The zero-order valence-electron chi connectivity index (χ0n) is 8.06. The molecule has 1 aromatic rings. The molecular formula is C8H11N3O3S. The number of aromatic carboxylic acids is 1. The molecule has 1 atom stereocenters. The maximum absolute atomic E-state index is 11.1. The van der Waals surface area contributed by atoms with Crippen molar-refractivity contribution in [2.75, 3.05) is 0 Å². The van der Waals surface area contributed by atoms with E-state index >= 15 is 0 Å². The number of nitrogens with one attached hydrogen (secondary N) is 1. The molecule has 0 saturated heterocycles. The first kappa shape index (κ1) is 11.6. The van der Waals surface area contributed by atoms with Crippen LogP contribution in [0.4, 0.5) is 0 Å². The zero-order valence-corrected chi connectivity index (χ0v) is 8.87. The highest BCUT2D eigenvalue weighted by atomic mass is 32.1. The minimum atomic E-state index is -1.07. The van der Waals surface area contributed by atoms with Gasteiger partial charge in [-0.1, -0.05) is 0 Å². The van der Waals surface area contributed by atoms with E-state index in [1.165, 1.54) is 16.7 Å². The molecule has 6 nitrogen and oxygen atoms in total. The predicted molar refractivity (Wildman–Crippen MR) is 54.6 cm³/mol. The predicted octanol–water partition coefficient (Wildman–Crippen LogP) is -0.195. The second-order valence-corrected chi connectivity index (χ2v) is 3.88. The number of thiazole rings is 1. The molecule has 4 N–H and O–H groups in total. The van der Waals surface area contributed by atoms with Gasteiger partial charge in [0.15, 0.2) is 5.69 Å². The van der Waals surface area contributed by atoms with Gasteiger partial charge in [0.25, 0.3) is 0 Å². The van der Waals surface area contributed by atoms with Crippen molar-refractivity contribution < 1.29 is 14.7 Å². The summed E-state index contributed by atoms with van der Waals surface area (Å²) in [6.07, 6.45) is 0. The fraction of sp³-hybridized carbons (Fsp3) is 0.375. The van der Waals surface area contributed by atoms with Crippen molar-refractivity contribution in [2.24, 2.45) is 5.73 Å². The summed E-state index contributed by atoms with van der Waals surface area (Å²) in [6, 6.07) is -0.580. The van der Waals surface area contributed by atoms with Crippen LogP contribution in [0.1, 0.15) is 22.4 Å². The lowest BCUT2D eigenvalue weighted by Crippen LogP contribution is -2.37. The van der Waals surface area contributed by atoms with Crippen LogP contribution >= 0.6 is 11.3 Å². The molecule has 0 radical (unpaired) electrons. The summed E-state index contributed by atoms with van der Waals surface area (Å²) in [7, 11) is 0. The first-order chi connectivity index (χ1) is 7.00. The number of carbonyl (C=O) groups excluding carboxylic acids is 1. The molecule has 0 aliphatic carbocycles. The number of nitrogens with two attached hydrogens (primary N) is 1. The lowest BCUT2D eigenvalue weighted by molar-refractivity contribution is -0.122. The number of nitrogens with zero attached hydrogens (tertiary/aromatic N) is 1. The number of hydrogen-bond acceptors (Lipinski definition) is 5. The monoisotopic (exact) mass is 229 g/mol. The molecule has 15 heavy (non-hydrogen) atoms. The van der Waals surface area contributed by atoms with Crippen LogP contribution in [0, 0.1) is 0 Å². The smallest absolute Gasteiger partial charge is 0.355 e. The Hall–Kier alpha value is -1.47. The van der Waals surface area contributed by atoms with E-state index < -0.39 is 12.0 Å². The number of hydrogen-bond donors (Lipinski definition) is 3. The SMILES string of the molecule is C[C@@H](N)C(=O)NCc1nc(C(=O)O)cs1. The number of carbonyl (C=O) groups is 2. The Morgan fingerprint density at radius 1 is 1.73 bits per heavy atom. The topological polar surface area (TPSA) is 105 Å². The highest BCUT2D eigenvalue weighted by Gasteiger charge is 2.10. The molecule has 0 spiro atoms. The molecule has 1 heterocycles. The summed E-state index contributed by atoms with van der Waals surface area (Å²) in [4.78, 5) is 25.4. The molecule has 0 bridgehead atoms.